The summed E-state index contributed by atoms with van der Waals surface area (Å²) in [5.74, 6) is 0.764. The summed E-state index contributed by atoms with van der Waals surface area (Å²) in [5, 5.41) is 2.91. The smallest absolute Gasteiger partial charge is 0.410 e. The van der Waals surface area contributed by atoms with Gasteiger partial charge in [0.15, 0.2) is 5.75 Å². The first-order valence-electron chi connectivity index (χ1n) is 10.0. The number of amides is 2. The zero-order valence-corrected chi connectivity index (χ0v) is 17.8. The van der Waals surface area contributed by atoms with Gasteiger partial charge in [0.25, 0.3) is 0 Å². The predicted molar refractivity (Wildman–Crippen MR) is 112 cm³/mol. The van der Waals surface area contributed by atoms with Gasteiger partial charge in [-0.1, -0.05) is 0 Å². The van der Waals surface area contributed by atoms with Crippen LogP contribution in [0.1, 0.15) is 39.3 Å². The van der Waals surface area contributed by atoms with Gasteiger partial charge in [0, 0.05) is 37.0 Å². The number of aryl methyl sites for hydroxylation is 1. The molecule has 30 heavy (non-hydrogen) atoms. The molecule has 160 valence electrons. The van der Waals surface area contributed by atoms with Gasteiger partial charge in [-0.3, -0.25) is 14.8 Å². The van der Waals surface area contributed by atoms with Crippen molar-refractivity contribution in [2.75, 3.05) is 18.4 Å². The number of carbonyl (C=O) groups excluding carboxylic acids is 2. The fourth-order valence-electron chi connectivity index (χ4n) is 3.09. The Labute approximate surface area is 176 Å². The Morgan fingerprint density at radius 1 is 1.13 bits per heavy atom. The first-order chi connectivity index (χ1) is 14.2. The molecule has 3 rings (SSSR count). The molecule has 2 amide bonds. The van der Waals surface area contributed by atoms with Gasteiger partial charge in [-0.05, 0) is 52.7 Å². The Hall–Kier alpha value is -3.16. The van der Waals surface area contributed by atoms with Crippen molar-refractivity contribution in [1.82, 2.24) is 14.9 Å². The summed E-state index contributed by atoms with van der Waals surface area (Å²) in [6, 6.07) is 5.37. The van der Waals surface area contributed by atoms with Crippen molar-refractivity contribution in [2.45, 2.75) is 46.1 Å². The van der Waals surface area contributed by atoms with E-state index in [0.717, 1.165) is 5.69 Å². The molecule has 1 aliphatic rings. The molecular formula is C22H28N4O4. The van der Waals surface area contributed by atoms with Gasteiger partial charge in [-0.2, -0.15) is 0 Å². The van der Waals surface area contributed by atoms with Gasteiger partial charge in [0.05, 0.1) is 12.4 Å². The van der Waals surface area contributed by atoms with Crippen molar-refractivity contribution in [3.63, 3.8) is 0 Å². The number of likely N-dealkylation sites (tertiary alicyclic amines) is 1. The number of hydrogen-bond donors (Lipinski definition) is 1. The molecule has 0 saturated carbocycles. The molecule has 0 spiro atoms. The Morgan fingerprint density at radius 3 is 2.50 bits per heavy atom. The molecule has 0 bridgehead atoms. The second kappa shape index (κ2) is 9.11. The van der Waals surface area contributed by atoms with Gasteiger partial charge in [0.2, 0.25) is 5.91 Å². The second-order valence-electron chi connectivity index (χ2n) is 8.34. The molecule has 0 radical (unpaired) electrons. The minimum absolute atomic E-state index is 0.112. The van der Waals surface area contributed by atoms with E-state index in [1.54, 1.807) is 29.6 Å². The van der Waals surface area contributed by atoms with Crippen LogP contribution in [0.5, 0.6) is 11.5 Å². The lowest BCUT2D eigenvalue weighted by Gasteiger charge is -2.33. The Morgan fingerprint density at radius 2 is 1.87 bits per heavy atom. The van der Waals surface area contributed by atoms with E-state index in [2.05, 4.69) is 15.3 Å². The van der Waals surface area contributed by atoms with Crippen molar-refractivity contribution in [3.05, 3.63) is 42.5 Å². The lowest BCUT2D eigenvalue weighted by Crippen LogP contribution is -2.43. The van der Waals surface area contributed by atoms with E-state index in [1.807, 2.05) is 39.8 Å². The number of aromatic nitrogens is 2. The highest BCUT2D eigenvalue weighted by Crippen LogP contribution is 2.29. The van der Waals surface area contributed by atoms with E-state index in [4.69, 9.17) is 9.47 Å². The topological polar surface area (TPSA) is 93.7 Å². The van der Waals surface area contributed by atoms with Crippen LogP contribution in [0.2, 0.25) is 0 Å². The highest BCUT2D eigenvalue weighted by molar-refractivity contribution is 5.94. The monoisotopic (exact) mass is 412 g/mol. The maximum Gasteiger partial charge on any atom is 0.410 e. The number of piperidine rings is 1. The summed E-state index contributed by atoms with van der Waals surface area (Å²) in [6.45, 7) is 8.38. The molecule has 1 N–H and O–H groups in total. The number of ether oxygens (including phenoxy) is 2. The minimum atomic E-state index is -0.533. The zero-order valence-electron chi connectivity index (χ0n) is 17.8. The summed E-state index contributed by atoms with van der Waals surface area (Å²) in [6.07, 6.45) is 5.60. The quantitative estimate of drug-likeness (QED) is 0.810. The molecule has 0 aromatic carbocycles. The fourth-order valence-corrected chi connectivity index (χ4v) is 3.09. The molecular weight excluding hydrogens is 384 g/mol. The number of rotatable bonds is 4. The largest absolute Gasteiger partial charge is 0.453 e. The lowest BCUT2D eigenvalue weighted by atomic mass is 9.96. The van der Waals surface area contributed by atoms with Crippen molar-refractivity contribution < 1.29 is 19.1 Å². The van der Waals surface area contributed by atoms with Crippen LogP contribution in [-0.4, -0.2) is 45.6 Å². The molecule has 0 atom stereocenters. The normalized spacial score (nSPS) is 14.9. The van der Waals surface area contributed by atoms with Crippen molar-refractivity contribution in [3.8, 4) is 11.5 Å². The molecule has 0 aliphatic carbocycles. The summed E-state index contributed by atoms with van der Waals surface area (Å²) in [5.41, 5.74) is 0.857. The van der Waals surface area contributed by atoms with Crippen molar-refractivity contribution in [1.29, 1.82) is 0 Å². The number of hydrogen-bond acceptors (Lipinski definition) is 6. The average molecular weight is 412 g/mol. The average Bonchev–Trinajstić information content (AvgIpc) is 2.70. The van der Waals surface area contributed by atoms with E-state index in [0.29, 0.717) is 43.1 Å². The molecule has 0 unspecified atom stereocenters. The maximum absolute atomic E-state index is 12.8. The second-order valence-corrected chi connectivity index (χ2v) is 8.34. The Balaban J connectivity index is 1.58. The summed E-state index contributed by atoms with van der Waals surface area (Å²) >= 11 is 0. The highest BCUT2D eigenvalue weighted by atomic mass is 16.6. The molecule has 3 heterocycles. The standard InChI is InChI=1S/C22H28N4O4/c1-15-5-6-17(13-24-15)29-19-7-10-23-14-18(19)25-20(27)16-8-11-26(12-9-16)21(28)30-22(2,3)4/h5-7,10,13-14,16H,8-9,11-12H2,1-4H3,(H,25,27). The van der Waals surface area contributed by atoms with Crippen LogP contribution in [0.4, 0.5) is 10.5 Å². The van der Waals surface area contributed by atoms with Crippen LogP contribution in [0.3, 0.4) is 0 Å². The van der Waals surface area contributed by atoms with Crippen LogP contribution in [0, 0.1) is 12.8 Å². The first kappa shape index (κ1) is 21.5. The third-order valence-electron chi connectivity index (χ3n) is 4.67. The zero-order chi connectivity index (χ0) is 21.7. The lowest BCUT2D eigenvalue weighted by molar-refractivity contribution is -0.121. The first-order valence-corrected chi connectivity index (χ1v) is 10.0. The van der Waals surface area contributed by atoms with Crippen LogP contribution < -0.4 is 10.1 Å². The van der Waals surface area contributed by atoms with Crippen LogP contribution in [0.15, 0.2) is 36.8 Å². The summed E-state index contributed by atoms with van der Waals surface area (Å²) < 4.78 is 11.3. The molecule has 1 fully saturated rings. The van der Waals surface area contributed by atoms with E-state index >= 15 is 0 Å². The van der Waals surface area contributed by atoms with Gasteiger partial charge in [0.1, 0.15) is 17.0 Å². The number of nitrogens with one attached hydrogen (secondary N) is 1. The van der Waals surface area contributed by atoms with Gasteiger partial charge < -0.3 is 19.7 Å². The molecule has 8 heteroatoms. The van der Waals surface area contributed by atoms with Crippen LogP contribution >= 0.6 is 0 Å². The van der Waals surface area contributed by atoms with E-state index < -0.39 is 5.60 Å². The van der Waals surface area contributed by atoms with Gasteiger partial charge in [-0.15, -0.1) is 0 Å². The minimum Gasteiger partial charge on any atom is -0.453 e. The van der Waals surface area contributed by atoms with Crippen molar-refractivity contribution >= 4 is 17.7 Å². The molecule has 8 nitrogen and oxygen atoms in total. The van der Waals surface area contributed by atoms with E-state index in [9.17, 15) is 9.59 Å². The van der Waals surface area contributed by atoms with Crippen molar-refractivity contribution in [2.24, 2.45) is 5.92 Å². The van der Waals surface area contributed by atoms with E-state index in [-0.39, 0.29) is 17.9 Å². The summed E-state index contributed by atoms with van der Waals surface area (Å²) in [7, 11) is 0. The van der Waals surface area contributed by atoms with Crippen LogP contribution in [0.25, 0.3) is 0 Å². The SMILES string of the molecule is Cc1ccc(Oc2ccncc2NC(=O)C2CCN(C(=O)OC(C)(C)C)CC2)cn1. The van der Waals surface area contributed by atoms with Gasteiger partial charge in [-0.25, -0.2) is 4.79 Å². The number of carbonyl (C=O) groups is 2. The molecule has 2 aromatic rings. The Bertz CT molecular complexity index is 885. The number of nitrogens with zero attached hydrogens (tertiary/aromatic N) is 3. The maximum atomic E-state index is 12.8. The Kier molecular flexibility index (Phi) is 6.54. The summed E-state index contributed by atoms with van der Waals surface area (Å²) in [4.78, 5) is 34.9. The third-order valence-corrected chi connectivity index (χ3v) is 4.67. The fraction of sp³-hybridized carbons (Fsp3) is 0.455. The van der Waals surface area contributed by atoms with E-state index in [1.165, 1.54) is 0 Å². The predicted octanol–water partition coefficient (Wildman–Crippen LogP) is 4.16. The van der Waals surface area contributed by atoms with Crippen LogP contribution in [-0.2, 0) is 9.53 Å². The molecule has 1 saturated heterocycles. The highest BCUT2D eigenvalue weighted by Gasteiger charge is 2.30. The number of pyridine rings is 2. The molecule has 2 aromatic heterocycles. The van der Waals surface area contributed by atoms with Gasteiger partial charge >= 0.3 is 6.09 Å². The third kappa shape index (κ3) is 5.92. The molecule has 1 aliphatic heterocycles. The number of anilines is 1.